The predicted molar refractivity (Wildman–Crippen MR) is 102 cm³/mol. The summed E-state index contributed by atoms with van der Waals surface area (Å²) in [4.78, 5) is 8.92. The van der Waals surface area contributed by atoms with E-state index in [9.17, 15) is 0 Å². The van der Waals surface area contributed by atoms with E-state index < -0.39 is 0 Å². The normalized spacial score (nSPS) is 14.1. The van der Waals surface area contributed by atoms with Gasteiger partial charge in [-0.2, -0.15) is 10.1 Å². The third kappa shape index (κ3) is 3.07. The minimum atomic E-state index is 0.387. The van der Waals surface area contributed by atoms with Gasteiger partial charge in [-0.3, -0.25) is 14.0 Å². The molecule has 2 N–H and O–H groups in total. The first-order chi connectivity index (χ1) is 13.7. The lowest BCUT2D eigenvalue weighted by molar-refractivity contribution is 0.312. The summed E-state index contributed by atoms with van der Waals surface area (Å²) in [7, 11) is 2.08. The molecule has 28 heavy (non-hydrogen) atoms. The fraction of sp³-hybridized carbons (Fsp3) is 0.333. The van der Waals surface area contributed by atoms with Crippen molar-refractivity contribution in [2.24, 2.45) is 0 Å². The molecule has 0 spiro atoms. The van der Waals surface area contributed by atoms with Crippen LogP contribution in [0.1, 0.15) is 17.0 Å². The number of aromatic nitrogens is 6. The minimum absolute atomic E-state index is 0.387. The van der Waals surface area contributed by atoms with Crippen LogP contribution in [0.2, 0.25) is 0 Å². The molecule has 144 valence electrons. The highest BCUT2D eigenvalue weighted by atomic mass is 16.3. The van der Waals surface area contributed by atoms with E-state index in [0.29, 0.717) is 11.6 Å². The van der Waals surface area contributed by atoms with Gasteiger partial charge >= 0.3 is 0 Å². The average Bonchev–Trinajstić information content (AvgIpc) is 3.40. The van der Waals surface area contributed by atoms with Crippen molar-refractivity contribution < 1.29 is 4.42 Å². The maximum absolute atomic E-state index is 6.03. The van der Waals surface area contributed by atoms with Crippen LogP contribution in [-0.4, -0.2) is 47.9 Å². The Morgan fingerprint density at radius 2 is 2.18 bits per heavy atom. The van der Waals surface area contributed by atoms with Crippen LogP contribution in [0.5, 0.6) is 0 Å². The Hall–Kier alpha value is -3.40. The lowest BCUT2D eigenvalue weighted by Crippen LogP contribution is -2.34. The number of rotatable bonds is 5. The van der Waals surface area contributed by atoms with E-state index in [1.54, 1.807) is 23.3 Å². The molecule has 5 heterocycles. The van der Waals surface area contributed by atoms with Gasteiger partial charge in [0, 0.05) is 31.3 Å². The zero-order valence-electron chi connectivity index (χ0n) is 15.6. The van der Waals surface area contributed by atoms with E-state index in [1.807, 2.05) is 12.1 Å². The molecule has 0 radical (unpaired) electrons. The molecule has 0 saturated carbocycles. The molecule has 4 aromatic rings. The van der Waals surface area contributed by atoms with Crippen molar-refractivity contribution in [2.75, 3.05) is 24.2 Å². The average molecular weight is 379 g/mol. The SMILES string of the molecule is CN(Cc1ccoc1)Cc1cc2n(n1)CCN(c1cc3nncn3c(N)n1)C2. The van der Waals surface area contributed by atoms with Gasteiger partial charge in [-0.25, -0.2) is 0 Å². The summed E-state index contributed by atoms with van der Waals surface area (Å²) in [5.74, 6) is 1.20. The van der Waals surface area contributed by atoms with Crippen LogP contribution in [0, 0.1) is 0 Å². The van der Waals surface area contributed by atoms with Crippen molar-refractivity contribution in [3.63, 3.8) is 0 Å². The summed E-state index contributed by atoms with van der Waals surface area (Å²) in [6.07, 6.45) is 5.04. The first-order valence-corrected chi connectivity index (χ1v) is 9.12. The van der Waals surface area contributed by atoms with Crippen molar-refractivity contribution in [3.8, 4) is 0 Å². The molecular weight excluding hydrogens is 358 g/mol. The summed E-state index contributed by atoms with van der Waals surface area (Å²) in [6.45, 7) is 3.96. The number of nitrogens with zero attached hydrogens (tertiary/aromatic N) is 8. The molecular formula is C18H21N9O. The summed E-state index contributed by atoms with van der Waals surface area (Å²) in [5.41, 5.74) is 10.1. The highest BCUT2D eigenvalue weighted by molar-refractivity contribution is 5.55. The van der Waals surface area contributed by atoms with Gasteiger partial charge in [0.05, 0.1) is 37.0 Å². The van der Waals surface area contributed by atoms with E-state index in [-0.39, 0.29) is 0 Å². The Bertz CT molecular complexity index is 1100. The van der Waals surface area contributed by atoms with E-state index in [1.165, 1.54) is 5.69 Å². The molecule has 1 aliphatic rings. The van der Waals surface area contributed by atoms with E-state index in [0.717, 1.165) is 49.8 Å². The number of hydrogen-bond donors (Lipinski definition) is 1. The highest BCUT2D eigenvalue weighted by Crippen LogP contribution is 2.22. The summed E-state index contributed by atoms with van der Waals surface area (Å²) in [5, 5.41) is 12.7. The molecule has 0 aromatic carbocycles. The van der Waals surface area contributed by atoms with Crippen LogP contribution in [0.15, 0.2) is 41.5 Å². The van der Waals surface area contributed by atoms with Gasteiger partial charge in [-0.1, -0.05) is 0 Å². The lowest BCUT2D eigenvalue weighted by Gasteiger charge is -2.28. The number of furan rings is 1. The van der Waals surface area contributed by atoms with E-state index in [2.05, 4.69) is 42.8 Å². The van der Waals surface area contributed by atoms with Crippen LogP contribution >= 0.6 is 0 Å². The Morgan fingerprint density at radius 3 is 3.04 bits per heavy atom. The molecule has 10 nitrogen and oxygen atoms in total. The molecule has 0 bridgehead atoms. The van der Waals surface area contributed by atoms with Crippen molar-refractivity contribution in [3.05, 3.63) is 54.0 Å². The van der Waals surface area contributed by atoms with Gasteiger partial charge in [-0.15, -0.1) is 10.2 Å². The van der Waals surface area contributed by atoms with Crippen molar-refractivity contribution in [1.82, 2.24) is 34.3 Å². The third-order valence-corrected chi connectivity index (χ3v) is 4.95. The number of nitrogen functional groups attached to an aromatic ring is 1. The number of hydrogen-bond acceptors (Lipinski definition) is 8. The smallest absolute Gasteiger partial charge is 0.209 e. The summed E-state index contributed by atoms with van der Waals surface area (Å²) >= 11 is 0. The summed E-state index contributed by atoms with van der Waals surface area (Å²) in [6, 6.07) is 6.06. The second kappa shape index (κ2) is 6.64. The van der Waals surface area contributed by atoms with Crippen LogP contribution in [-0.2, 0) is 26.2 Å². The van der Waals surface area contributed by atoms with Crippen LogP contribution in [0.3, 0.4) is 0 Å². The molecule has 0 fully saturated rings. The lowest BCUT2D eigenvalue weighted by atomic mass is 10.2. The number of anilines is 2. The van der Waals surface area contributed by atoms with Crippen molar-refractivity contribution in [2.45, 2.75) is 26.2 Å². The molecule has 0 unspecified atom stereocenters. The van der Waals surface area contributed by atoms with E-state index >= 15 is 0 Å². The standard InChI is InChI=1S/C18H21N9O/c1-24(8-13-2-5-28-11-13)9-14-6-15-10-25(3-4-27(15)23-14)16-7-17-22-20-12-26(17)18(19)21-16/h2,5-7,11-12H,3-4,8-10H2,1H3,(H2,19,21). The summed E-state index contributed by atoms with van der Waals surface area (Å²) < 4.78 is 8.89. The topological polar surface area (TPSA) is 107 Å². The molecule has 0 amide bonds. The Balaban J connectivity index is 1.31. The van der Waals surface area contributed by atoms with Gasteiger partial charge in [-0.05, 0) is 19.2 Å². The van der Waals surface area contributed by atoms with Crippen LogP contribution in [0.25, 0.3) is 5.65 Å². The molecule has 0 saturated heterocycles. The van der Waals surface area contributed by atoms with Crippen molar-refractivity contribution >= 4 is 17.4 Å². The van der Waals surface area contributed by atoms with Gasteiger partial charge in [0.1, 0.15) is 12.1 Å². The van der Waals surface area contributed by atoms with Gasteiger partial charge in [0.25, 0.3) is 0 Å². The second-order valence-corrected chi connectivity index (χ2v) is 7.11. The molecule has 10 heteroatoms. The van der Waals surface area contributed by atoms with Crippen molar-refractivity contribution in [1.29, 1.82) is 0 Å². The largest absolute Gasteiger partial charge is 0.472 e. The Kier molecular flexibility index (Phi) is 3.97. The third-order valence-electron chi connectivity index (χ3n) is 4.95. The quantitative estimate of drug-likeness (QED) is 0.550. The zero-order chi connectivity index (χ0) is 19.1. The molecule has 1 aliphatic heterocycles. The minimum Gasteiger partial charge on any atom is -0.472 e. The fourth-order valence-electron chi connectivity index (χ4n) is 3.63. The van der Waals surface area contributed by atoms with Gasteiger partial charge in [0.15, 0.2) is 5.65 Å². The monoisotopic (exact) mass is 379 g/mol. The molecule has 5 rings (SSSR count). The van der Waals surface area contributed by atoms with Crippen LogP contribution < -0.4 is 10.6 Å². The molecule has 0 aliphatic carbocycles. The van der Waals surface area contributed by atoms with E-state index in [4.69, 9.17) is 15.2 Å². The first-order valence-electron chi connectivity index (χ1n) is 9.12. The van der Waals surface area contributed by atoms with Crippen LogP contribution in [0.4, 0.5) is 11.8 Å². The first kappa shape index (κ1) is 16.8. The maximum Gasteiger partial charge on any atom is 0.209 e. The molecule has 0 atom stereocenters. The predicted octanol–water partition coefficient (Wildman–Crippen LogP) is 1.15. The maximum atomic E-state index is 6.03. The second-order valence-electron chi connectivity index (χ2n) is 7.11. The Morgan fingerprint density at radius 1 is 1.25 bits per heavy atom. The van der Waals surface area contributed by atoms with Gasteiger partial charge in [0.2, 0.25) is 5.95 Å². The number of nitrogens with two attached hydrogens (primary N) is 1. The van der Waals surface area contributed by atoms with Gasteiger partial charge < -0.3 is 15.1 Å². The Labute approximate surface area is 161 Å². The zero-order valence-corrected chi connectivity index (χ0v) is 15.6. The highest BCUT2D eigenvalue weighted by Gasteiger charge is 2.21. The fourth-order valence-corrected chi connectivity index (χ4v) is 3.63. The molecule has 4 aromatic heterocycles. The number of fused-ring (bicyclic) bond motifs is 2.